The molecule has 3 N–H and O–H groups in total. The number of para-hydroxylation sites is 1. The predicted octanol–water partition coefficient (Wildman–Crippen LogP) is 0.764. The van der Waals surface area contributed by atoms with Gasteiger partial charge in [0.05, 0.1) is 12.7 Å². The van der Waals surface area contributed by atoms with Gasteiger partial charge in [0, 0.05) is 32.0 Å². The monoisotopic (exact) mass is 254 g/mol. The van der Waals surface area contributed by atoms with Crippen molar-refractivity contribution in [2.45, 2.75) is 6.10 Å². The molecule has 0 heterocycles. The number of nitrogens with zero attached hydrogens (tertiary/aromatic N) is 1. The van der Waals surface area contributed by atoms with Crippen LogP contribution in [-0.2, 0) is 4.74 Å². The van der Waals surface area contributed by atoms with Crippen molar-refractivity contribution in [1.29, 1.82) is 0 Å². The minimum atomic E-state index is -0.538. The van der Waals surface area contributed by atoms with Crippen LogP contribution in [0, 0.1) is 0 Å². The highest BCUT2D eigenvalue weighted by molar-refractivity contribution is 7.80. The van der Waals surface area contributed by atoms with Crippen LogP contribution < -0.4 is 10.6 Å². The standard InChI is InChI=1S/C12H18N2O2S/c1-14(7-9(15)8-16-2)11-6-4-3-5-10(11)12(13)17/h3-6,9,15H,7-8H2,1-2H3,(H2,13,17). The average Bonchev–Trinajstić information content (AvgIpc) is 2.29. The van der Waals surface area contributed by atoms with Crippen LogP contribution >= 0.6 is 12.2 Å². The van der Waals surface area contributed by atoms with E-state index in [1.807, 2.05) is 36.2 Å². The molecule has 0 aliphatic heterocycles. The third-order valence-corrected chi connectivity index (χ3v) is 2.64. The second-order valence-electron chi connectivity index (χ2n) is 3.87. The van der Waals surface area contributed by atoms with Crippen molar-refractivity contribution in [2.75, 3.05) is 32.2 Å². The van der Waals surface area contributed by atoms with Gasteiger partial charge in [-0.15, -0.1) is 0 Å². The van der Waals surface area contributed by atoms with Crippen molar-refractivity contribution in [3.8, 4) is 0 Å². The fraction of sp³-hybridized carbons (Fsp3) is 0.417. The molecule has 0 aromatic heterocycles. The minimum absolute atomic E-state index is 0.305. The molecule has 94 valence electrons. The fourth-order valence-corrected chi connectivity index (χ4v) is 1.85. The van der Waals surface area contributed by atoms with Gasteiger partial charge in [0.25, 0.3) is 0 Å². The predicted molar refractivity (Wildman–Crippen MR) is 73.5 cm³/mol. The largest absolute Gasteiger partial charge is 0.389 e. The van der Waals surface area contributed by atoms with E-state index in [1.54, 1.807) is 7.11 Å². The summed E-state index contributed by atoms with van der Waals surface area (Å²) in [7, 11) is 3.45. The van der Waals surface area contributed by atoms with Gasteiger partial charge >= 0.3 is 0 Å². The van der Waals surface area contributed by atoms with E-state index in [2.05, 4.69) is 0 Å². The third-order valence-electron chi connectivity index (χ3n) is 2.42. The number of aliphatic hydroxyl groups excluding tert-OH is 1. The van der Waals surface area contributed by atoms with E-state index in [4.69, 9.17) is 22.7 Å². The lowest BCUT2D eigenvalue weighted by atomic mass is 10.1. The summed E-state index contributed by atoms with van der Waals surface area (Å²) in [6.45, 7) is 0.771. The summed E-state index contributed by atoms with van der Waals surface area (Å²) < 4.78 is 4.89. The first-order valence-corrected chi connectivity index (χ1v) is 5.74. The van der Waals surface area contributed by atoms with Crippen LogP contribution in [-0.4, -0.2) is 43.5 Å². The number of nitrogens with two attached hydrogens (primary N) is 1. The number of hydrogen-bond acceptors (Lipinski definition) is 4. The quantitative estimate of drug-likeness (QED) is 0.734. The van der Waals surface area contributed by atoms with Crippen LogP contribution in [0.25, 0.3) is 0 Å². The number of ether oxygens (including phenoxy) is 1. The van der Waals surface area contributed by atoms with Gasteiger partial charge < -0.3 is 20.5 Å². The summed E-state index contributed by atoms with van der Waals surface area (Å²) in [5, 5.41) is 9.68. The van der Waals surface area contributed by atoms with Crippen molar-refractivity contribution < 1.29 is 9.84 Å². The molecule has 1 unspecified atom stereocenters. The van der Waals surface area contributed by atoms with Gasteiger partial charge in [-0.05, 0) is 12.1 Å². The molecule has 0 saturated carbocycles. The molecule has 17 heavy (non-hydrogen) atoms. The van der Waals surface area contributed by atoms with Gasteiger partial charge in [-0.2, -0.15) is 0 Å². The zero-order valence-corrected chi connectivity index (χ0v) is 10.9. The van der Waals surface area contributed by atoms with E-state index in [0.717, 1.165) is 11.3 Å². The van der Waals surface area contributed by atoms with Crippen molar-refractivity contribution in [1.82, 2.24) is 0 Å². The lowest BCUT2D eigenvalue weighted by Gasteiger charge is -2.24. The third kappa shape index (κ3) is 3.96. The number of thiocarbonyl (C=S) groups is 1. The van der Waals surface area contributed by atoms with E-state index < -0.39 is 6.10 Å². The van der Waals surface area contributed by atoms with E-state index in [-0.39, 0.29) is 0 Å². The molecule has 0 amide bonds. The number of benzene rings is 1. The van der Waals surface area contributed by atoms with E-state index in [0.29, 0.717) is 18.1 Å². The summed E-state index contributed by atoms with van der Waals surface area (Å²) in [4.78, 5) is 2.27. The highest BCUT2D eigenvalue weighted by Crippen LogP contribution is 2.19. The second kappa shape index (κ2) is 6.54. The normalized spacial score (nSPS) is 12.2. The number of hydrogen-bond donors (Lipinski definition) is 2. The summed E-state index contributed by atoms with van der Waals surface area (Å²) in [6, 6.07) is 7.60. The molecular weight excluding hydrogens is 236 g/mol. The van der Waals surface area contributed by atoms with Gasteiger partial charge in [-0.1, -0.05) is 24.4 Å². The summed E-state index contributed by atoms with van der Waals surface area (Å²) in [6.07, 6.45) is -0.538. The SMILES string of the molecule is COCC(O)CN(C)c1ccccc1C(N)=S. The number of rotatable bonds is 6. The first-order chi connectivity index (χ1) is 8.06. The van der Waals surface area contributed by atoms with Crippen LogP contribution in [0.4, 0.5) is 5.69 Å². The Morgan fingerprint density at radius 1 is 1.53 bits per heavy atom. The molecule has 0 radical (unpaired) electrons. The van der Waals surface area contributed by atoms with Gasteiger partial charge in [-0.3, -0.25) is 0 Å². The first kappa shape index (κ1) is 13.9. The van der Waals surface area contributed by atoms with Gasteiger partial charge in [0.1, 0.15) is 4.99 Å². The Bertz CT molecular complexity index is 385. The van der Waals surface area contributed by atoms with Crippen molar-refractivity contribution >= 4 is 22.9 Å². The molecular formula is C12H18N2O2S. The number of methoxy groups -OCH3 is 1. The van der Waals surface area contributed by atoms with Crippen LogP contribution in [0.3, 0.4) is 0 Å². The maximum Gasteiger partial charge on any atom is 0.106 e. The Morgan fingerprint density at radius 3 is 2.76 bits per heavy atom. The summed E-state index contributed by atoms with van der Waals surface area (Å²) in [5.41, 5.74) is 7.39. The lowest BCUT2D eigenvalue weighted by molar-refractivity contribution is 0.0695. The van der Waals surface area contributed by atoms with Crippen LogP contribution in [0.1, 0.15) is 5.56 Å². The lowest BCUT2D eigenvalue weighted by Crippen LogP contribution is -2.33. The molecule has 0 aliphatic rings. The number of likely N-dealkylation sites (N-methyl/N-ethyl adjacent to an activating group) is 1. The Kier molecular flexibility index (Phi) is 5.34. The van der Waals surface area contributed by atoms with Crippen molar-refractivity contribution in [3.05, 3.63) is 29.8 Å². The Morgan fingerprint density at radius 2 is 2.18 bits per heavy atom. The number of anilines is 1. The number of aliphatic hydroxyl groups is 1. The zero-order valence-electron chi connectivity index (χ0n) is 10.1. The van der Waals surface area contributed by atoms with Gasteiger partial charge in [0.2, 0.25) is 0 Å². The molecule has 0 fully saturated rings. The molecule has 0 saturated heterocycles. The van der Waals surface area contributed by atoms with Crippen LogP contribution in [0.2, 0.25) is 0 Å². The maximum absolute atomic E-state index is 9.68. The van der Waals surface area contributed by atoms with E-state index in [9.17, 15) is 5.11 Å². The smallest absolute Gasteiger partial charge is 0.106 e. The topological polar surface area (TPSA) is 58.7 Å². The molecule has 4 nitrogen and oxygen atoms in total. The second-order valence-corrected chi connectivity index (χ2v) is 4.31. The summed E-state index contributed by atoms with van der Waals surface area (Å²) >= 11 is 5.00. The molecule has 0 spiro atoms. The van der Waals surface area contributed by atoms with Gasteiger partial charge in [0.15, 0.2) is 0 Å². The molecule has 1 rings (SSSR count). The molecule has 5 heteroatoms. The van der Waals surface area contributed by atoms with Gasteiger partial charge in [-0.25, -0.2) is 0 Å². The summed E-state index contributed by atoms with van der Waals surface area (Å²) in [5.74, 6) is 0. The zero-order chi connectivity index (χ0) is 12.8. The molecule has 1 atom stereocenters. The average molecular weight is 254 g/mol. The molecule has 0 bridgehead atoms. The van der Waals surface area contributed by atoms with Crippen molar-refractivity contribution in [3.63, 3.8) is 0 Å². The minimum Gasteiger partial charge on any atom is -0.389 e. The Balaban J connectivity index is 2.81. The molecule has 0 aliphatic carbocycles. The van der Waals surface area contributed by atoms with E-state index >= 15 is 0 Å². The molecule has 1 aromatic rings. The maximum atomic E-state index is 9.68. The highest BCUT2D eigenvalue weighted by Gasteiger charge is 2.12. The van der Waals surface area contributed by atoms with E-state index in [1.165, 1.54) is 0 Å². The first-order valence-electron chi connectivity index (χ1n) is 5.33. The van der Waals surface area contributed by atoms with Crippen molar-refractivity contribution in [2.24, 2.45) is 5.73 Å². The Labute approximate surface area is 107 Å². The fourth-order valence-electron chi connectivity index (χ4n) is 1.67. The highest BCUT2D eigenvalue weighted by atomic mass is 32.1. The Hall–Kier alpha value is -1.17. The molecule has 1 aromatic carbocycles. The van der Waals surface area contributed by atoms with Crippen LogP contribution in [0.5, 0.6) is 0 Å². The van der Waals surface area contributed by atoms with Crippen LogP contribution in [0.15, 0.2) is 24.3 Å².